The van der Waals surface area contributed by atoms with E-state index in [2.05, 4.69) is 10.6 Å². The number of anilines is 1. The summed E-state index contributed by atoms with van der Waals surface area (Å²) in [7, 11) is 0. The number of non-ortho nitro benzene ring substituents is 1. The fourth-order valence-electron chi connectivity index (χ4n) is 1.88. The zero-order valence-electron chi connectivity index (χ0n) is 12.5. The molecule has 0 atom stereocenters. The quantitative estimate of drug-likeness (QED) is 0.619. The molecule has 124 valence electrons. The van der Waals surface area contributed by atoms with Crippen LogP contribution in [0.15, 0.2) is 48.5 Å². The molecule has 0 aliphatic carbocycles. The van der Waals surface area contributed by atoms with Gasteiger partial charge in [-0.25, -0.2) is 0 Å². The lowest BCUT2D eigenvalue weighted by Crippen LogP contribution is -2.27. The number of rotatable bonds is 6. The predicted octanol–water partition coefficient (Wildman–Crippen LogP) is 3.01. The standard InChI is InChI=1S/C16H14ClN3O4/c17-12-3-5-13(6-4-12)19-15(21)9-10-18-16(22)11-1-7-14(8-2-11)20(23)24/h1-8H,9-10H2,(H,18,22)(H,19,21). The van der Waals surface area contributed by atoms with Crippen LogP contribution in [0, 0.1) is 10.1 Å². The van der Waals surface area contributed by atoms with Crippen molar-refractivity contribution in [2.45, 2.75) is 6.42 Å². The van der Waals surface area contributed by atoms with E-state index in [0.717, 1.165) is 0 Å². The molecular weight excluding hydrogens is 334 g/mol. The Bertz CT molecular complexity index is 745. The first kappa shape index (κ1) is 17.4. The molecule has 0 spiro atoms. The summed E-state index contributed by atoms with van der Waals surface area (Å²) < 4.78 is 0. The molecule has 0 radical (unpaired) electrons. The molecule has 24 heavy (non-hydrogen) atoms. The van der Waals surface area contributed by atoms with Crippen LogP contribution in [-0.2, 0) is 4.79 Å². The van der Waals surface area contributed by atoms with Gasteiger partial charge in [0.15, 0.2) is 0 Å². The zero-order valence-corrected chi connectivity index (χ0v) is 13.2. The van der Waals surface area contributed by atoms with Gasteiger partial charge in [-0.3, -0.25) is 19.7 Å². The van der Waals surface area contributed by atoms with Gasteiger partial charge < -0.3 is 10.6 Å². The van der Waals surface area contributed by atoms with Gasteiger partial charge in [0.1, 0.15) is 0 Å². The number of hydrogen-bond donors (Lipinski definition) is 2. The smallest absolute Gasteiger partial charge is 0.269 e. The number of benzene rings is 2. The average Bonchev–Trinajstić information content (AvgIpc) is 2.57. The van der Waals surface area contributed by atoms with E-state index in [9.17, 15) is 19.7 Å². The van der Waals surface area contributed by atoms with Crippen LogP contribution in [0.3, 0.4) is 0 Å². The molecule has 2 rings (SSSR count). The Labute approximate surface area is 142 Å². The van der Waals surface area contributed by atoms with Crippen LogP contribution in [0.5, 0.6) is 0 Å². The first-order valence-corrected chi connectivity index (χ1v) is 7.41. The van der Waals surface area contributed by atoms with Crippen molar-refractivity contribution >= 4 is 34.8 Å². The molecule has 0 aliphatic heterocycles. The predicted molar refractivity (Wildman–Crippen MR) is 90.1 cm³/mol. The summed E-state index contributed by atoms with van der Waals surface area (Å²) >= 11 is 5.75. The summed E-state index contributed by atoms with van der Waals surface area (Å²) in [5, 5.41) is 16.4. The van der Waals surface area contributed by atoms with Crippen LogP contribution in [0.1, 0.15) is 16.8 Å². The van der Waals surface area contributed by atoms with Crippen molar-refractivity contribution in [1.29, 1.82) is 0 Å². The molecule has 7 nitrogen and oxygen atoms in total. The molecular formula is C16H14ClN3O4. The summed E-state index contributed by atoms with van der Waals surface area (Å²) in [6, 6.07) is 11.9. The number of halogens is 1. The fraction of sp³-hybridized carbons (Fsp3) is 0.125. The van der Waals surface area contributed by atoms with Crippen LogP contribution in [0.2, 0.25) is 5.02 Å². The molecule has 0 heterocycles. The number of hydrogen-bond acceptors (Lipinski definition) is 4. The van der Waals surface area contributed by atoms with Crippen molar-refractivity contribution in [3.05, 3.63) is 69.2 Å². The Morgan fingerprint density at radius 1 is 1.04 bits per heavy atom. The van der Waals surface area contributed by atoms with E-state index in [1.807, 2.05) is 0 Å². The maximum absolute atomic E-state index is 11.9. The Morgan fingerprint density at radius 2 is 1.67 bits per heavy atom. The summed E-state index contributed by atoms with van der Waals surface area (Å²) in [6.45, 7) is 0.148. The lowest BCUT2D eigenvalue weighted by atomic mass is 10.2. The van der Waals surface area contributed by atoms with E-state index >= 15 is 0 Å². The summed E-state index contributed by atoms with van der Waals surface area (Å²) in [6.07, 6.45) is 0.0986. The Morgan fingerprint density at radius 3 is 2.25 bits per heavy atom. The number of amides is 2. The lowest BCUT2D eigenvalue weighted by molar-refractivity contribution is -0.384. The minimum atomic E-state index is -0.539. The summed E-state index contributed by atoms with van der Waals surface area (Å²) in [4.78, 5) is 33.7. The van der Waals surface area contributed by atoms with Crippen molar-refractivity contribution in [1.82, 2.24) is 5.32 Å². The molecule has 0 fully saturated rings. The third-order valence-corrected chi connectivity index (χ3v) is 3.36. The van der Waals surface area contributed by atoms with Crippen molar-refractivity contribution in [3.8, 4) is 0 Å². The highest BCUT2D eigenvalue weighted by Crippen LogP contribution is 2.13. The fourth-order valence-corrected chi connectivity index (χ4v) is 2.01. The van der Waals surface area contributed by atoms with Crippen LogP contribution in [0.4, 0.5) is 11.4 Å². The van der Waals surface area contributed by atoms with Crippen LogP contribution >= 0.6 is 11.6 Å². The maximum Gasteiger partial charge on any atom is 0.269 e. The molecule has 0 aliphatic rings. The van der Waals surface area contributed by atoms with E-state index < -0.39 is 10.8 Å². The van der Waals surface area contributed by atoms with Crippen LogP contribution in [0.25, 0.3) is 0 Å². The first-order chi connectivity index (χ1) is 11.5. The van der Waals surface area contributed by atoms with E-state index in [1.165, 1.54) is 24.3 Å². The molecule has 0 unspecified atom stereocenters. The van der Waals surface area contributed by atoms with Crippen molar-refractivity contribution in [2.24, 2.45) is 0 Å². The first-order valence-electron chi connectivity index (χ1n) is 7.04. The van der Waals surface area contributed by atoms with Crippen molar-refractivity contribution in [3.63, 3.8) is 0 Å². The average molecular weight is 348 g/mol. The van der Waals surface area contributed by atoms with Crippen molar-refractivity contribution in [2.75, 3.05) is 11.9 Å². The lowest BCUT2D eigenvalue weighted by Gasteiger charge is -2.07. The number of nitrogens with one attached hydrogen (secondary N) is 2. The molecule has 0 bridgehead atoms. The largest absolute Gasteiger partial charge is 0.352 e. The minimum absolute atomic E-state index is 0.0890. The summed E-state index contributed by atoms with van der Waals surface area (Å²) in [5.74, 6) is -0.648. The van der Waals surface area contributed by atoms with Gasteiger partial charge in [0.25, 0.3) is 11.6 Å². The van der Waals surface area contributed by atoms with Gasteiger partial charge in [0.2, 0.25) is 5.91 Å². The van der Waals surface area contributed by atoms with Crippen molar-refractivity contribution < 1.29 is 14.5 Å². The third-order valence-electron chi connectivity index (χ3n) is 3.11. The maximum atomic E-state index is 11.9. The SMILES string of the molecule is O=C(CCNC(=O)c1ccc([N+](=O)[O-])cc1)Nc1ccc(Cl)cc1. The van der Waals surface area contributed by atoms with Gasteiger partial charge in [0, 0.05) is 41.4 Å². The van der Waals surface area contributed by atoms with E-state index in [0.29, 0.717) is 16.3 Å². The molecule has 0 saturated carbocycles. The van der Waals surface area contributed by atoms with Gasteiger partial charge in [-0.05, 0) is 36.4 Å². The normalized spacial score (nSPS) is 10.0. The number of carbonyl (C=O) groups is 2. The van der Waals surface area contributed by atoms with Crippen LogP contribution < -0.4 is 10.6 Å². The van der Waals surface area contributed by atoms with Gasteiger partial charge in [-0.2, -0.15) is 0 Å². The van der Waals surface area contributed by atoms with E-state index in [4.69, 9.17) is 11.6 Å². The molecule has 0 saturated heterocycles. The Kier molecular flexibility index (Phi) is 5.86. The Hall–Kier alpha value is -2.93. The number of nitro benzene ring substituents is 1. The second-order valence-corrected chi connectivity index (χ2v) is 5.30. The minimum Gasteiger partial charge on any atom is -0.352 e. The van der Waals surface area contributed by atoms with E-state index in [1.54, 1.807) is 24.3 Å². The Balaban J connectivity index is 1.78. The van der Waals surface area contributed by atoms with Gasteiger partial charge in [-0.15, -0.1) is 0 Å². The van der Waals surface area contributed by atoms with E-state index in [-0.39, 0.29) is 24.6 Å². The number of nitrogens with zero attached hydrogens (tertiary/aromatic N) is 1. The molecule has 2 aromatic carbocycles. The highest BCUT2D eigenvalue weighted by atomic mass is 35.5. The summed E-state index contributed by atoms with van der Waals surface area (Å²) in [5.41, 5.74) is 0.818. The molecule has 2 aromatic rings. The zero-order chi connectivity index (χ0) is 17.5. The number of carbonyl (C=O) groups excluding carboxylic acids is 2. The highest BCUT2D eigenvalue weighted by Gasteiger charge is 2.10. The second kappa shape index (κ2) is 8.07. The van der Waals surface area contributed by atoms with Gasteiger partial charge in [0.05, 0.1) is 4.92 Å². The molecule has 8 heteroatoms. The second-order valence-electron chi connectivity index (χ2n) is 4.86. The number of nitro groups is 1. The molecule has 2 N–H and O–H groups in total. The van der Waals surface area contributed by atoms with Gasteiger partial charge >= 0.3 is 0 Å². The monoisotopic (exact) mass is 347 g/mol. The topological polar surface area (TPSA) is 101 Å². The third kappa shape index (κ3) is 5.06. The molecule has 2 amide bonds. The van der Waals surface area contributed by atoms with Crippen LogP contribution in [-0.4, -0.2) is 23.3 Å². The van der Waals surface area contributed by atoms with Gasteiger partial charge in [-0.1, -0.05) is 11.6 Å². The highest BCUT2D eigenvalue weighted by molar-refractivity contribution is 6.30. The molecule has 0 aromatic heterocycles.